The first-order valence-corrected chi connectivity index (χ1v) is 10.4. The van der Waals surface area contributed by atoms with Crippen molar-refractivity contribution in [3.05, 3.63) is 33.2 Å². The largest absolute Gasteiger partial charge is 0.489 e. The van der Waals surface area contributed by atoms with Crippen molar-refractivity contribution in [1.29, 1.82) is 0 Å². The molecule has 0 bridgehead atoms. The van der Waals surface area contributed by atoms with Gasteiger partial charge in [0.25, 0.3) is 0 Å². The fourth-order valence-electron chi connectivity index (χ4n) is 4.42. The molecule has 150 valence electrons. The van der Waals surface area contributed by atoms with Gasteiger partial charge in [-0.3, -0.25) is 4.79 Å². The summed E-state index contributed by atoms with van der Waals surface area (Å²) in [4.78, 5) is 25.4. The first kappa shape index (κ1) is 19.0. The number of Topliss-reactive ketones (excluding diaryl/α,β-unsaturated/α-hetero) is 1. The predicted molar refractivity (Wildman–Crippen MR) is 108 cm³/mol. The summed E-state index contributed by atoms with van der Waals surface area (Å²) < 4.78 is 18.3. The van der Waals surface area contributed by atoms with E-state index in [2.05, 4.69) is 27.7 Å². The van der Waals surface area contributed by atoms with Crippen LogP contribution in [-0.2, 0) is 12.8 Å². The number of hydrogen-bond donors (Lipinski definition) is 0. The molecule has 0 fully saturated rings. The molecule has 0 radical (unpaired) electrons. The van der Waals surface area contributed by atoms with Gasteiger partial charge in [0, 0.05) is 18.1 Å². The zero-order valence-electron chi connectivity index (χ0n) is 17.1. The summed E-state index contributed by atoms with van der Waals surface area (Å²) in [6.07, 6.45) is 5.19. The van der Waals surface area contributed by atoms with Gasteiger partial charge in [-0.05, 0) is 45.1 Å². The van der Waals surface area contributed by atoms with Gasteiger partial charge in [0.15, 0.2) is 11.4 Å². The molecule has 28 heavy (non-hydrogen) atoms. The maximum Gasteiger partial charge on any atom is 0.336 e. The Labute approximate surface area is 165 Å². The van der Waals surface area contributed by atoms with E-state index in [4.69, 9.17) is 13.9 Å². The Morgan fingerprint density at radius 1 is 1.14 bits per heavy atom. The molecule has 0 N–H and O–H groups in total. The van der Waals surface area contributed by atoms with Crippen molar-refractivity contribution in [2.75, 3.05) is 0 Å². The number of aryl methyl sites for hydroxylation is 1. The fourth-order valence-corrected chi connectivity index (χ4v) is 4.42. The average molecular weight is 384 g/mol. The second-order valence-corrected chi connectivity index (χ2v) is 8.57. The second kappa shape index (κ2) is 6.94. The van der Waals surface area contributed by atoms with Crippen molar-refractivity contribution < 1.29 is 18.7 Å². The zero-order chi connectivity index (χ0) is 20.1. The lowest BCUT2D eigenvalue weighted by molar-refractivity contribution is 0.0771. The second-order valence-electron chi connectivity index (χ2n) is 8.57. The Bertz CT molecular complexity index is 998. The number of carbonyl (C=O) groups excluding carboxylic acids is 1. The van der Waals surface area contributed by atoms with Crippen LogP contribution in [0, 0.1) is 0 Å². The molecular formula is C23H28O5. The molecule has 4 rings (SSSR count). The van der Waals surface area contributed by atoms with Gasteiger partial charge in [0.2, 0.25) is 0 Å². The fraction of sp³-hybridized carbons (Fsp3) is 0.565. The first-order valence-electron chi connectivity index (χ1n) is 10.4. The summed E-state index contributed by atoms with van der Waals surface area (Å²) in [5, 5.41) is 0.772. The van der Waals surface area contributed by atoms with Crippen LogP contribution in [-0.4, -0.2) is 17.5 Å². The molecule has 1 aromatic carbocycles. The third kappa shape index (κ3) is 3.11. The molecule has 2 aliphatic rings. The number of fused-ring (bicyclic) bond motifs is 6. The smallest absolute Gasteiger partial charge is 0.336 e. The molecule has 0 saturated heterocycles. The van der Waals surface area contributed by atoms with Crippen molar-refractivity contribution >= 4 is 16.8 Å². The van der Waals surface area contributed by atoms with Crippen molar-refractivity contribution in [3.8, 4) is 11.5 Å². The molecule has 3 heterocycles. The Kier molecular flexibility index (Phi) is 4.72. The van der Waals surface area contributed by atoms with Crippen LogP contribution in [0.4, 0.5) is 0 Å². The highest BCUT2D eigenvalue weighted by Crippen LogP contribution is 2.49. The van der Waals surface area contributed by atoms with E-state index in [0.717, 1.165) is 60.8 Å². The summed E-state index contributed by atoms with van der Waals surface area (Å²) in [7, 11) is 0. The Morgan fingerprint density at radius 3 is 2.64 bits per heavy atom. The van der Waals surface area contributed by atoms with Gasteiger partial charge in [-0.1, -0.05) is 26.7 Å². The summed E-state index contributed by atoms with van der Waals surface area (Å²) in [5.41, 5.74) is 1.84. The van der Waals surface area contributed by atoms with Crippen molar-refractivity contribution in [2.45, 2.75) is 84.3 Å². The average Bonchev–Trinajstić information content (AvgIpc) is 2.60. The molecule has 1 aromatic heterocycles. The number of rotatable bonds is 4. The number of carbonyl (C=O) groups is 1. The van der Waals surface area contributed by atoms with Crippen LogP contribution in [0.2, 0.25) is 0 Å². The van der Waals surface area contributed by atoms with Crippen LogP contribution in [0.5, 0.6) is 11.5 Å². The molecule has 2 aromatic rings. The first-order chi connectivity index (χ1) is 13.3. The van der Waals surface area contributed by atoms with Gasteiger partial charge in [-0.15, -0.1) is 0 Å². The van der Waals surface area contributed by atoms with E-state index >= 15 is 0 Å². The lowest BCUT2D eigenvalue weighted by atomic mass is 9.86. The van der Waals surface area contributed by atoms with E-state index in [9.17, 15) is 9.59 Å². The van der Waals surface area contributed by atoms with E-state index in [0.29, 0.717) is 23.3 Å². The minimum absolute atomic E-state index is 0.00543. The summed E-state index contributed by atoms with van der Waals surface area (Å²) >= 11 is 0. The van der Waals surface area contributed by atoms with Gasteiger partial charge in [0.1, 0.15) is 28.8 Å². The lowest BCUT2D eigenvalue weighted by Crippen LogP contribution is -2.35. The highest BCUT2D eigenvalue weighted by Gasteiger charge is 2.38. The Hall–Kier alpha value is -2.30. The zero-order valence-corrected chi connectivity index (χ0v) is 17.1. The SMILES string of the molecule is CCCc1cc(=O)oc2c3c(c4c(c12)OC(C)(C)CC4)OC(CCC)CC3=O. The van der Waals surface area contributed by atoms with Crippen LogP contribution in [0.1, 0.15) is 81.3 Å². The van der Waals surface area contributed by atoms with E-state index in [1.54, 1.807) is 0 Å². The summed E-state index contributed by atoms with van der Waals surface area (Å²) in [6, 6.07) is 1.54. The predicted octanol–water partition coefficient (Wildman–Crippen LogP) is 4.98. The van der Waals surface area contributed by atoms with Crippen LogP contribution < -0.4 is 15.1 Å². The molecule has 0 spiro atoms. The van der Waals surface area contributed by atoms with Gasteiger partial charge < -0.3 is 13.9 Å². The number of hydrogen-bond acceptors (Lipinski definition) is 5. The van der Waals surface area contributed by atoms with Crippen LogP contribution >= 0.6 is 0 Å². The number of ketones is 1. The highest BCUT2D eigenvalue weighted by molar-refractivity contribution is 6.12. The van der Waals surface area contributed by atoms with Crippen molar-refractivity contribution in [1.82, 2.24) is 0 Å². The van der Waals surface area contributed by atoms with E-state index < -0.39 is 5.63 Å². The lowest BCUT2D eigenvalue weighted by Gasteiger charge is -2.36. The Balaban J connectivity index is 2.07. The third-order valence-electron chi connectivity index (χ3n) is 5.73. The maximum absolute atomic E-state index is 13.1. The molecule has 0 amide bonds. The van der Waals surface area contributed by atoms with E-state index in [1.807, 2.05) is 0 Å². The molecule has 2 aliphatic heterocycles. The van der Waals surface area contributed by atoms with E-state index in [-0.39, 0.29) is 17.5 Å². The topological polar surface area (TPSA) is 65.7 Å². The van der Waals surface area contributed by atoms with Gasteiger partial charge in [0.05, 0.1) is 5.39 Å². The normalized spacial score (nSPS) is 20.3. The standard InChI is InChI=1S/C23H28O5/c1-5-7-13-11-17(25)27-22-18(13)21-15(9-10-23(3,4)28-21)20-19(22)16(24)12-14(26-20)8-6-2/h11,14H,5-10,12H2,1-4H3. The number of benzene rings is 1. The van der Waals surface area contributed by atoms with Crippen LogP contribution in [0.25, 0.3) is 11.0 Å². The summed E-state index contributed by atoms with van der Waals surface area (Å²) in [5.74, 6) is 1.29. The molecule has 5 nitrogen and oxygen atoms in total. The highest BCUT2D eigenvalue weighted by atomic mass is 16.5. The van der Waals surface area contributed by atoms with Gasteiger partial charge in [-0.25, -0.2) is 4.79 Å². The molecule has 1 unspecified atom stereocenters. The molecule has 0 aliphatic carbocycles. The minimum Gasteiger partial charge on any atom is -0.489 e. The van der Waals surface area contributed by atoms with Crippen molar-refractivity contribution in [2.24, 2.45) is 0 Å². The van der Waals surface area contributed by atoms with Crippen LogP contribution in [0.3, 0.4) is 0 Å². The summed E-state index contributed by atoms with van der Waals surface area (Å²) in [6.45, 7) is 8.28. The number of ether oxygens (including phenoxy) is 2. The molecule has 5 heteroatoms. The molecule has 1 atom stereocenters. The molecular weight excluding hydrogens is 356 g/mol. The minimum atomic E-state index is -0.434. The Morgan fingerprint density at radius 2 is 1.93 bits per heavy atom. The van der Waals surface area contributed by atoms with Crippen molar-refractivity contribution in [3.63, 3.8) is 0 Å². The van der Waals surface area contributed by atoms with Gasteiger partial charge >= 0.3 is 5.63 Å². The van der Waals surface area contributed by atoms with Gasteiger partial charge in [-0.2, -0.15) is 0 Å². The quantitative estimate of drug-likeness (QED) is 0.695. The van der Waals surface area contributed by atoms with Crippen LogP contribution in [0.15, 0.2) is 15.3 Å². The molecule has 0 saturated carbocycles. The monoisotopic (exact) mass is 384 g/mol. The maximum atomic E-state index is 13.1. The third-order valence-corrected chi connectivity index (χ3v) is 5.73. The van der Waals surface area contributed by atoms with E-state index in [1.165, 1.54) is 6.07 Å².